The van der Waals surface area contributed by atoms with Crippen LogP contribution in [0.5, 0.6) is 0 Å². The summed E-state index contributed by atoms with van der Waals surface area (Å²) in [7, 11) is 0. The van der Waals surface area contributed by atoms with Crippen molar-refractivity contribution in [3.8, 4) is 55.8 Å². The minimum atomic E-state index is 0.969. The maximum absolute atomic E-state index is 4.94. The summed E-state index contributed by atoms with van der Waals surface area (Å²) in [5, 5.41) is 15.9. The van der Waals surface area contributed by atoms with Crippen molar-refractivity contribution in [1.82, 2.24) is 9.97 Å². The number of benzene rings is 11. The van der Waals surface area contributed by atoms with Crippen LogP contribution in [0.2, 0.25) is 0 Å². The summed E-state index contributed by atoms with van der Waals surface area (Å²) in [5.41, 5.74) is 12.7. The molecule has 2 aromatic heterocycles. The molecule has 0 saturated carbocycles. The van der Waals surface area contributed by atoms with E-state index in [-0.39, 0.29) is 0 Å². The van der Waals surface area contributed by atoms with E-state index in [2.05, 4.69) is 217 Å². The van der Waals surface area contributed by atoms with Crippen molar-refractivity contribution in [1.29, 1.82) is 0 Å². The highest BCUT2D eigenvalue weighted by Crippen LogP contribution is 2.37. The van der Waals surface area contributed by atoms with Gasteiger partial charge in [-0.15, -0.1) is 0 Å². The SMILES string of the molecule is c1cc(-c2ccc3cnc(-c4ccc5c(ccc6cc(-c7ccc8ccc(-c9ccc%10cccnc%10c9)cc8c7)ccc65)c4)cc3c2)cc(-c2ccc3c(ccc4ccccc43)c2)c1. The fourth-order valence-electron chi connectivity index (χ4n) is 9.81. The summed E-state index contributed by atoms with van der Waals surface area (Å²) in [6, 6.07) is 80.0. The van der Waals surface area contributed by atoms with Gasteiger partial charge in [-0.3, -0.25) is 9.97 Å². The van der Waals surface area contributed by atoms with Crippen LogP contribution in [0, 0.1) is 0 Å². The number of fused-ring (bicyclic) bond motifs is 9. The zero-order valence-electron chi connectivity index (χ0n) is 34.8. The summed E-state index contributed by atoms with van der Waals surface area (Å²) >= 11 is 0. The van der Waals surface area contributed by atoms with Gasteiger partial charge < -0.3 is 0 Å². The lowest BCUT2D eigenvalue weighted by Crippen LogP contribution is -1.87. The molecule has 64 heavy (non-hydrogen) atoms. The summed E-state index contributed by atoms with van der Waals surface area (Å²) < 4.78 is 0. The number of pyridine rings is 2. The highest BCUT2D eigenvalue weighted by molar-refractivity contribution is 6.10. The van der Waals surface area contributed by atoms with E-state index in [1.54, 1.807) is 0 Å². The molecule has 2 heteroatoms. The molecule has 2 heterocycles. The van der Waals surface area contributed by atoms with Gasteiger partial charge in [0.15, 0.2) is 0 Å². The lowest BCUT2D eigenvalue weighted by Gasteiger charge is -2.11. The molecule has 0 bridgehead atoms. The van der Waals surface area contributed by atoms with Crippen LogP contribution in [0.15, 0.2) is 231 Å². The Labute approximate surface area is 370 Å². The molecule has 0 amide bonds. The van der Waals surface area contributed by atoms with Crippen molar-refractivity contribution in [2.75, 3.05) is 0 Å². The molecule has 0 aliphatic carbocycles. The Morgan fingerprint density at radius 1 is 0.219 bits per heavy atom. The fourth-order valence-corrected chi connectivity index (χ4v) is 9.81. The zero-order chi connectivity index (χ0) is 42.1. The Balaban J connectivity index is 0.790. The summed E-state index contributed by atoms with van der Waals surface area (Å²) in [5.74, 6) is 0. The van der Waals surface area contributed by atoms with Crippen molar-refractivity contribution >= 4 is 75.5 Å². The monoisotopic (exact) mass is 810 g/mol. The molecule has 0 aliphatic rings. The van der Waals surface area contributed by atoms with E-state index in [4.69, 9.17) is 4.98 Å². The Morgan fingerprint density at radius 2 is 0.656 bits per heavy atom. The van der Waals surface area contributed by atoms with Crippen LogP contribution in [-0.2, 0) is 0 Å². The van der Waals surface area contributed by atoms with Gasteiger partial charge in [0.2, 0.25) is 0 Å². The average molecular weight is 811 g/mol. The first-order chi connectivity index (χ1) is 31.6. The molecule has 0 fully saturated rings. The molecule has 296 valence electrons. The number of aromatic nitrogens is 2. The number of rotatable bonds is 5. The summed E-state index contributed by atoms with van der Waals surface area (Å²) in [6.45, 7) is 0. The van der Waals surface area contributed by atoms with Crippen LogP contribution in [-0.4, -0.2) is 9.97 Å². The maximum atomic E-state index is 4.94. The van der Waals surface area contributed by atoms with Crippen molar-refractivity contribution in [2.24, 2.45) is 0 Å². The molecule has 13 aromatic rings. The third kappa shape index (κ3) is 6.27. The molecule has 0 unspecified atom stereocenters. The van der Waals surface area contributed by atoms with Gasteiger partial charge in [-0.25, -0.2) is 0 Å². The average Bonchev–Trinajstić information content (AvgIpc) is 3.37. The van der Waals surface area contributed by atoms with Crippen LogP contribution in [0.4, 0.5) is 0 Å². The predicted molar refractivity (Wildman–Crippen MR) is 272 cm³/mol. The van der Waals surface area contributed by atoms with Crippen molar-refractivity contribution in [3.63, 3.8) is 0 Å². The largest absolute Gasteiger partial charge is 0.256 e. The van der Waals surface area contributed by atoms with Crippen molar-refractivity contribution in [2.45, 2.75) is 0 Å². The van der Waals surface area contributed by atoms with E-state index in [0.29, 0.717) is 0 Å². The highest BCUT2D eigenvalue weighted by Gasteiger charge is 2.11. The summed E-state index contributed by atoms with van der Waals surface area (Å²) in [4.78, 5) is 9.53. The van der Waals surface area contributed by atoms with Crippen LogP contribution in [0.3, 0.4) is 0 Å². The van der Waals surface area contributed by atoms with E-state index < -0.39 is 0 Å². The molecule has 0 spiro atoms. The third-order valence-corrected chi connectivity index (χ3v) is 13.2. The molecule has 13 rings (SSSR count). The Kier molecular flexibility index (Phi) is 8.25. The number of nitrogens with zero attached hydrogens (tertiary/aromatic N) is 2. The molecular weight excluding hydrogens is 773 g/mol. The minimum absolute atomic E-state index is 0.969. The molecule has 11 aromatic carbocycles. The maximum Gasteiger partial charge on any atom is 0.0708 e. The van der Waals surface area contributed by atoms with Gasteiger partial charge in [0.25, 0.3) is 0 Å². The van der Waals surface area contributed by atoms with Crippen LogP contribution < -0.4 is 0 Å². The van der Waals surface area contributed by atoms with Gasteiger partial charge in [0, 0.05) is 28.7 Å². The van der Waals surface area contributed by atoms with E-state index in [1.165, 1.54) is 104 Å². The van der Waals surface area contributed by atoms with Gasteiger partial charge >= 0.3 is 0 Å². The van der Waals surface area contributed by atoms with E-state index >= 15 is 0 Å². The second kappa shape index (κ2) is 14.6. The van der Waals surface area contributed by atoms with Gasteiger partial charge in [-0.2, -0.15) is 0 Å². The number of hydrogen-bond acceptors (Lipinski definition) is 2. The Morgan fingerprint density at radius 3 is 1.31 bits per heavy atom. The lowest BCUT2D eigenvalue weighted by atomic mass is 9.94. The molecule has 2 nitrogen and oxygen atoms in total. The number of hydrogen-bond donors (Lipinski definition) is 0. The summed E-state index contributed by atoms with van der Waals surface area (Å²) in [6.07, 6.45) is 3.86. The first-order valence-corrected chi connectivity index (χ1v) is 21.9. The van der Waals surface area contributed by atoms with Gasteiger partial charge in [-0.05, 0) is 164 Å². The first kappa shape index (κ1) is 36.2. The second-order valence-corrected chi connectivity index (χ2v) is 17.1. The fraction of sp³-hybridized carbons (Fsp3) is 0. The predicted octanol–water partition coefficient (Wildman–Crippen LogP) is 16.9. The van der Waals surface area contributed by atoms with Crippen LogP contribution in [0.25, 0.3) is 131 Å². The molecule has 0 aliphatic heterocycles. The van der Waals surface area contributed by atoms with Crippen molar-refractivity contribution < 1.29 is 0 Å². The minimum Gasteiger partial charge on any atom is -0.256 e. The van der Waals surface area contributed by atoms with Crippen LogP contribution in [0.1, 0.15) is 0 Å². The Bertz CT molecular complexity index is 4030. The normalized spacial score (nSPS) is 11.8. The zero-order valence-corrected chi connectivity index (χ0v) is 34.8. The van der Waals surface area contributed by atoms with E-state index in [1.807, 2.05) is 18.5 Å². The quantitative estimate of drug-likeness (QED) is 0.162. The van der Waals surface area contributed by atoms with Gasteiger partial charge in [-0.1, -0.05) is 158 Å². The third-order valence-electron chi connectivity index (χ3n) is 13.2. The molecule has 0 saturated heterocycles. The smallest absolute Gasteiger partial charge is 0.0708 e. The van der Waals surface area contributed by atoms with Gasteiger partial charge in [0.05, 0.1) is 11.2 Å². The Hall–Kier alpha value is -8.46. The van der Waals surface area contributed by atoms with Gasteiger partial charge in [0.1, 0.15) is 0 Å². The standard InChI is InChI=1S/C62H38N2/c1-2-9-57-40(5-1)12-18-50-30-47(22-25-58(50)57)43-7-3-6-42(29-43)44-17-21-54-38-64-62(37-56(54)34-44)53-24-27-60-52(35-53)20-19-51-31-48(23-26-59(51)60)45-14-10-39-11-15-46(33-55(39)32-45)49-16-13-41-8-4-28-63-61(41)36-49/h1-38H. The topological polar surface area (TPSA) is 25.8 Å². The molecular formula is C62H38N2. The van der Waals surface area contributed by atoms with Crippen molar-refractivity contribution in [3.05, 3.63) is 231 Å². The lowest BCUT2D eigenvalue weighted by molar-refractivity contribution is 1.36. The van der Waals surface area contributed by atoms with E-state index in [9.17, 15) is 0 Å². The highest BCUT2D eigenvalue weighted by atomic mass is 14.7. The van der Waals surface area contributed by atoms with E-state index in [0.717, 1.165) is 27.5 Å². The first-order valence-electron chi connectivity index (χ1n) is 21.9. The van der Waals surface area contributed by atoms with Crippen LogP contribution >= 0.6 is 0 Å². The molecule has 0 atom stereocenters. The molecule has 0 N–H and O–H groups in total. The second-order valence-electron chi connectivity index (χ2n) is 17.1. The molecule has 0 radical (unpaired) electrons.